The Kier molecular flexibility index (Phi) is 7.11. The van der Waals surface area contributed by atoms with Crippen LogP contribution >= 0.6 is 0 Å². The number of epoxide rings is 1. The number of rotatable bonds is 10. The zero-order valence-electron chi connectivity index (χ0n) is 16.5. The van der Waals surface area contributed by atoms with Crippen molar-refractivity contribution >= 4 is 0 Å². The molecule has 1 heterocycles. The predicted octanol–water partition coefficient (Wildman–Crippen LogP) is 7.11. The zero-order chi connectivity index (χ0) is 28.4. The number of halogens is 17. The molecule has 0 N–H and O–H groups in total. The highest BCUT2D eigenvalue weighted by Crippen LogP contribution is 2.64. The van der Waals surface area contributed by atoms with Gasteiger partial charge in [-0.1, -0.05) is 30.3 Å². The Morgan fingerprint density at radius 2 is 0.944 bits per heavy atom. The average Bonchev–Trinajstić information content (AvgIpc) is 3.51. The van der Waals surface area contributed by atoms with E-state index in [0.717, 1.165) is 0 Å². The molecule has 19 heteroatoms. The van der Waals surface area contributed by atoms with E-state index in [1.54, 1.807) is 0 Å². The third-order valence-corrected chi connectivity index (χ3v) is 4.80. The normalized spacial score (nSPS) is 21.0. The van der Waals surface area contributed by atoms with Crippen LogP contribution in [0.3, 0.4) is 0 Å². The summed E-state index contributed by atoms with van der Waals surface area (Å²) in [4.78, 5) is 0. The van der Waals surface area contributed by atoms with E-state index in [-0.39, 0.29) is 5.56 Å². The molecule has 2 atom stereocenters. The molecule has 2 nitrogen and oxygen atoms in total. The third-order valence-electron chi connectivity index (χ3n) is 4.80. The van der Waals surface area contributed by atoms with E-state index in [9.17, 15) is 74.6 Å². The first kappa shape index (κ1) is 30.2. The van der Waals surface area contributed by atoms with Crippen molar-refractivity contribution in [2.24, 2.45) is 0 Å². The fraction of sp³-hybridized carbons (Fsp3) is 0.647. The Morgan fingerprint density at radius 3 is 1.36 bits per heavy atom. The zero-order valence-corrected chi connectivity index (χ0v) is 16.5. The van der Waals surface area contributed by atoms with Crippen LogP contribution in [0.1, 0.15) is 11.7 Å². The Balaban J connectivity index is 2.33. The smallest absolute Gasteiger partial charge is 0.343 e. The summed E-state index contributed by atoms with van der Waals surface area (Å²) in [5.41, 5.74) is 0.155. The SMILES string of the molecule is FC(F)(F)C(F)(F)C(F)(F)C(F)(F)C(F)(F)C(F)(F)C(F)(F)C(F)(F)COC1OC1c1ccccc1. The highest BCUT2D eigenvalue weighted by atomic mass is 19.4. The summed E-state index contributed by atoms with van der Waals surface area (Å²) in [6, 6.07) is 6.71. The van der Waals surface area contributed by atoms with Crippen molar-refractivity contribution in [2.45, 2.75) is 60.0 Å². The van der Waals surface area contributed by atoms with Crippen LogP contribution in [0.25, 0.3) is 0 Å². The van der Waals surface area contributed by atoms with Gasteiger partial charge in [-0.3, -0.25) is 0 Å². The van der Waals surface area contributed by atoms with Gasteiger partial charge in [-0.2, -0.15) is 74.6 Å². The van der Waals surface area contributed by atoms with Crippen LogP contribution in [-0.4, -0.2) is 60.5 Å². The first-order chi connectivity index (χ1) is 15.8. The fourth-order valence-corrected chi connectivity index (χ4v) is 2.58. The summed E-state index contributed by atoms with van der Waals surface area (Å²) >= 11 is 0. The summed E-state index contributed by atoms with van der Waals surface area (Å²) in [6.07, 6.45) is -10.9. The van der Waals surface area contributed by atoms with Crippen molar-refractivity contribution in [3.63, 3.8) is 0 Å². The van der Waals surface area contributed by atoms with E-state index in [1.807, 2.05) is 0 Å². The number of ether oxygens (including phenoxy) is 2. The van der Waals surface area contributed by atoms with Gasteiger partial charge in [-0.25, -0.2) is 0 Å². The fourth-order valence-electron chi connectivity index (χ4n) is 2.58. The van der Waals surface area contributed by atoms with Gasteiger partial charge in [0.25, 0.3) is 0 Å². The molecule has 2 rings (SSSR count). The molecule has 1 fully saturated rings. The van der Waals surface area contributed by atoms with Crippen molar-refractivity contribution < 1.29 is 84.1 Å². The molecule has 2 unspecified atom stereocenters. The maximum atomic E-state index is 13.7. The van der Waals surface area contributed by atoms with Crippen molar-refractivity contribution in [3.05, 3.63) is 35.9 Å². The number of benzene rings is 1. The quantitative estimate of drug-likeness (QED) is 0.222. The van der Waals surface area contributed by atoms with E-state index < -0.39 is 66.6 Å². The molecule has 36 heavy (non-hydrogen) atoms. The highest BCUT2D eigenvalue weighted by Gasteiger charge is 2.95. The van der Waals surface area contributed by atoms with Crippen molar-refractivity contribution in [2.75, 3.05) is 6.61 Å². The standard InChI is InChI=1S/C17H9F17O2/c18-10(19,6-35-9-8(36-9)7-4-2-1-3-5-7)11(20,21)12(22,23)13(24,25)14(26,27)15(28,29)16(30,31)17(32,33)34/h1-5,8-9H,6H2. The summed E-state index contributed by atoms with van der Waals surface area (Å²) in [7, 11) is 0. The van der Waals surface area contributed by atoms with E-state index in [1.165, 1.54) is 30.3 Å². The summed E-state index contributed by atoms with van der Waals surface area (Å²) < 4.78 is 233. The summed E-state index contributed by atoms with van der Waals surface area (Å²) in [6.45, 7) is -2.99. The molecule has 1 aliphatic rings. The minimum Gasteiger partial charge on any atom is -0.343 e. The van der Waals surface area contributed by atoms with Crippen LogP contribution in [0.2, 0.25) is 0 Å². The van der Waals surface area contributed by atoms with Gasteiger partial charge in [-0.05, 0) is 5.56 Å². The van der Waals surface area contributed by atoms with Gasteiger partial charge in [0.1, 0.15) is 12.7 Å². The predicted molar refractivity (Wildman–Crippen MR) is 80.7 cm³/mol. The molecule has 1 saturated heterocycles. The maximum absolute atomic E-state index is 13.7. The lowest BCUT2D eigenvalue weighted by atomic mass is 9.89. The van der Waals surface area contributed by atoms with E-state index in [2.05, 4.69) is 9.47 Å². The van der Waals surface area contributed by atoms with Gasteiger partial charge in [0, 0.05) is 0 Å². The number of alkyl halides is 17. The molecule has 0 bridgehead atoms. The van der Waals surface area contributed by atoms with E-state index >= 15 is 0 Å². The molecule has 1 aromatic carbocycles. The van der Waals surface area contributed by atoms with Gasteiger partial charge < -0.3 is 9.47 Å². The minimum atomic E-state index is -8.65. The molecule has 0 saturated carbocycles. The summed E-state index contributed by atoms with van der Waals surface area (Å²) in [5, 5.41) is 0. The molecule has 208 valence electrons. The topological polar surface area (TPSA) is 21.8 Å². The Bertz CT molecular complexity index is 925. The molecule has 0 amide bonds. The van der Waals surface area contributed by atoms with Gasteiger partial charge >= 0.3 is 47.6 Å². The van der Waals surface area contributed by atoms with Crippen LogP contribution in [0.15, 0.2) is 30.3 Å². The minimum absolute atomic E-state index is 0.155. The number of hydrogen-bond donors (Lipinski definition) is 0. The Hall–Kier alpha value is -2.05. The van der Waals surface area contributed by atoms with Crippen LogP contribution in [0, 0.1) is 0 Å². The summed E-state index contributed by atoms with van der Waals surface area (Å²) in [5.74, 6) is -56.7. The first-order valence-corrected chi connectivity index (χ1v) is 8.84. The second-order valence-electron chi connectivity index (χ2n) is 7.30. The lowest BCUT2D eigenvalue weighted by Crippen LogP contribution is -2.74. The lowest BCUT2D eigenvalue weighted by molar-refractivity contribution is -0.462. The molecule has 1 aromatic rings. The highest BCUT2D eigenvalue weighted by molar-refractivity contribution is 5.21. The lowest BCUT2D eigenvalue weighted by Gasteiger charge is -2.42. The van der Waals surface area contributed by atoms with Gasteiger partial charge in [0.15, 0.2) is 6.29 Å². The maximum Gasteiger partial charge on any atom is 0.460 e. The third kappa shape index (κ3) is 4.24. The van der Waals surface area contributed by atoms with Crippen LogP contribution in [-0.2, 0) is 9.47 Å². The molecule has 0 aromatic heterocycles. The Morgan fingerprint density at radius 1 is 0.556 bits per heavy atom. The first-order valence-electron chi connectivity index (χ1n) is 8.84. The van der Waals surface area contributed by atoms with Gasteiger partial charge in [0.05, 0.1) is 0 Å². The second-order valence-corrected chi connectivity index (χ2v) is 7.30. The van der Waals surface area contributed by atoms with Crippen molar-refractivity contribution in [3.8, 4) is 0 Å². The van der Waals surface area contributed by atoms with Crippen molar-refractivity contribution in [1.82, 2.24) is 0 Å². The Labute approximate surface area is 187 Å². The van der Waals surface area contributed by atoms with Gasteiger partial charge in [0.2, 0.25) is 0 Å². The molecule has 0 aliphatic carbocycles. The largest absolute Gasteiger partial charge is 0.460 e. The van der Waals surface area contributed by atoms with Crippen LogP contribution in [0.5, 0.6) is 0 Å². The monoisotopic (exact) mass is 568 g/mol. The molecule has 0 spiro atoms. The van der Waals surface area contributed by atoms with Crippen molar-refractivity contribution in [1.29, 1.82) is 0 Å². The second kappa shape index (κ2) is 8.49. The number of hydrogen-bond acceptors (Lipinski definition) is 2. The average molecular weight is 568 g/mol. The van der Waals surface area contributed by atoms with Crippen LogP contribution in [0.4, 0.5) is 74.6 Å². The van der Waals surface area contributed by atoms with E-state index in [0.29, 0.717) is 0 Å². The van der Waals surface area contributed by atoms with Gasteiger partial charge in [-0.15, -0.1) is 0 Å². The van der Waals surface area contributed by atoms with Crippen LogP contribution < -0.4 is 0 Å². The molecular formula is C17H9F17O2. The molecular weight excluding hydrogens is 559 g/mol. The molecule has 1 aliphatic heterocycles. The molecule has 0 radical (unpaired) electrons. The van der Waals surface area contributed by atoms with E-state index in [4.69, 9.17) is 0 Å².